The number of nitrogens with zero attached hydrogens (tertiary/aromatic N) is 1. The Labute approximate surface area is 115 Å². The van der Waals surface area contributed by atoms with Gasteiger partial charge in [0.15, 0.2) is 0 Å². The molecule has 0 aliphatic carbocycles. The molecule has 3 nitrogen and oxygen atoms in total. The first kappa shape index (κ1) is 15.9. The summed E-state index contributed by atoms with van der Waals surface area (Å²) < 4.78 is 14.1. The quantitative estimate of drug-likeness (QED) is 0.797. The monoisotopic (exact) mass is 268 g/mol. The summed E-state index contributed by atoms with van der Waals surface area (Å²) in [4.78, 5) is 1.89. The van der Waals surface area contributed by atoms with E-state index in [1.807, 2.05) is 24.8 Å². The van der Waals surface area contributed by atoms with Gasteiger partial charge in [-0.3, -0.25) is 0 Å². The van der Waals surface area contributed by atoms with E-state index in [0.717, 1.165) is 12.1 Å². The van der Waals surface area contributed by atoms with Crippen LogP contribution in [0.15, 0.2) is 18.2 Å². The van der Waals surface area contributed by atoms with Crippen molar-refractivity contribution < 1.29 is 9.50 Å². The maximum Gasteiger partial charge on any atom is 0.146 e. The Morgan fingerprint density at radius 1 is 1.32 bits per heavy atom. The molecule has 1 aromatic carbocycles. The van der Waals surface area contributed by atoms with Gasteiger partial charge in [-0.1, -0.05) is 19.1 Å². The van der Waals surface area contributed by atoms with Crippen LogP contribution in [-0.4, -0.2) is 30.3 Å². The standard InChI is InChI=1S/C15H25FN2O/c1-5-17-10-12-8-7-9-13(16)14(12)18(6-2)11-15(3,4)19/h7-9,17,19H,5-6,10-11H2,1-4H3. The van der Waals surface area contributed by atoms with Crippen molar-refractivity contribution >= 4 is 5.69 Å². The zero-order valence-electron chi connectivity index (χ0n) is 12.3. The summed E-state index contributed by atoms with van der Waals surface area (Å²) in [7, 11) is 0. The van der Waals surface area contributed by atoms with E-state index in [-0.39, 0.29) is 5.82 Å². The SMILES string of the molecule is CCNCc1cccc(F)c1N(CC)CC(C)(C)O. The van der Waals surface area contributed by atoms with Crippen molar-refractivity contribution in [3.8, 4) is 0 Å². The van der Waals surface area contributed by atoms with Crippen LogP contribution >= 0.6 is 0 Å². The first-order valence-electron chi connectivity index (χ1n) is 6.84. The molecule has 0 saturated heterocycles. The molecular formula is C15H25FN2O. The number of rotatable bonds is 7. The fourth-order valence-corrected chi connectivity index (χ4v) is 2.13. The number of benzene rings is 1. The number of aliphatic hydroxyl groups is 1. The van der Waals surface area contributed by atoms with Gasteiger partial charge in [-0.15, -0.1) is 0 Å². The highest BCUT2D eigenvalue weighted by atomic mass is 19.1. The Hall–Kier alpha value is -1.13. The second-order valence-electron chi connectivity index (χ2n) is 5.35. The molecule has 0 saturated carbocycles. The molecule has 0 unspecified atom stereocenters. The van der Waals surface area contributed by atoms with Crippen LogP contribution in [-0.2, 0) is 6.54 Å². The van der Waals surface area contributed by atoms with E-state index in [4.69, 9.17) is 0 Å². The van der Waals surface area contributed by atoms with E-state index >= 15 is 0 Å². The van der Waals surface area contributed by atoms with Crippen LogP contribution < -0.4 is 10.2 Å². The number of likely N-dealkylation sites (N-methyl/N-ethyl adjacent to an activating group) is 1. The molecule has 0 amide bonds. The lowest BCUT2D eigenvalue weighted by Crippen LogP contribution is -2.39. The number of hydrogen-bond acceptors (Lipinski definition) is 3. The molecule has 0 heterocycles. The van der Waals surface area contributed by atoms with Crippen LogP contribution in [0, 0.1) is 5.82 Å². The van der Waals surface area contributed by atoms with Gasteiger partial charge in [0.25, 0.3) is 0 Å². The van der Waals surface area contributed by atoms with E-state index in [9.17, 15) is 9.50 Å². The summed E-state index contributed by atoms with van der Waals surface area (Å²) in [5.41, 5.74) is 0.661. The summed E-state index contributed by atoms with van der Waals surface area (Å²) in [6.45, 7) is 10.00. The van der Waals surface area contributed by atoms with E-state index in [1.54, 1.807) is 19.9 Å². The molecule has 0 spiro atoms. The Morgan fingerprint density at radius 2 is 2.00 bits per heavy atom. The lowest BCUT2D eigenvalue weighted by molar-refractivity contribution is 0.0874. The van der Waals surface area contributed by atoms with Gasteiger partial charge in [-0.05, 0) is 38.9 Å². The molecular weight excluding hydrogens is 243 g/mol. The molecule has 108 valence electrons. The number of hydrogen-bond donors (Lipinski definition) is 2. The second-order valence-corrected chi connectivity index (χ2v) is 5.35. The Kier molecular flexibility index (Phi) is 5.76. The lowest BCUT2D eigenvalue weighted by Gasteiger charge is -2.31. The molecule has 2 N–H and O–H groups in total. The van der Waals surface area contributed by atoms with Crippen LogP contribution in [0.3, 0.4) is 0 Å². The van der Waals surface area contributed by atoms with Crippen molar-refractivity contribution in [2.45, 2.75) is 39.8 Å². The van der Waals surface area contributed by atoms with Gasteiger partial charge in [0.05, 0.1) is 11.3 Å². The second kappa shape index (κ2) is 6.87. The molecule has 1 rings (SSSR count). The highest BCUT2D eigenvalue weighted by molar-refractivity contribution is 5.55. The topological polar surface area (TPSA) is 35.5 Å². The minimum absolute atomic E-state index is 0.235. The van der Waals surface area contributed by atoms with E-state index < -0.39 is 5.60 Å². The third kappa shape index (κ3) is 4.80. The van der Waals surface area contributed by atoms with Gasteiger partial charge in [-0.2, -0.15) is 0 Å². The van der Waals surface area contributed by atoms with Crippen molar-refractivity contribution in [2.24, 2.45) is 0 Å². The Balaban J connectivity index is 3.06. The minimum atomic E-state index is -0.853. The fourth-order valence-electron chi connectivity index (χ4n) is 2.13. The normalized spacial score (nSPS) is 11.7. The van der Waals surface area contributed by atoms with Gasteiger partial charge in [0, 0.05) is 19.6 Å². The maximum atomic E-state index is 14.1. The molecule has 0 aliphatic rings. The van der Waals surface area contributed by atoms with Gasteiger partial charge >= 0.3 is 0 Å². The molecule has 0 aromatic heterocycles. The molecule has 4 heteroatoms. The first-order chi connectivity index (χ1) is 8.89. The largest absolute Gasteiger partial charge is 0.389 e. The average molecular weight is 268 g/mol. The van der Waals surface area contributed by atoms with E-state index in [1.165, 1.54) is 6.07 Å². The number of nitrogens with one attached hydrogen (secondary N) is 1. The lowest BCUT2D eigenvalue weighted by atomic mass is 10.1. The number of para-hydroxylation sites is 1. The molecule has 0 atom stereocenters. The number of halogens is 1. The Bertz CT molecular complexity index is 402. The molecule has 1 aromatic rings. The molecule has 0 aliphatic heterocycles. The maximum absolute atomic E-state index is 14.1. The van der Waals surface area contributed by atoms with Gasteiger partial charge in [0.1, 0.15) is 5.82 Å². The highest BCUT2D eigenvalue weighted by Gasteiger charge is 2.21. The third-order valence-corrected chi connectivity index (χ3v) is 2.91. The molecule has 0 bridgehead atoms. The Morgan fingerprint density at radius 3 is 2.53 bits per heavy atom. The van der Waals surface area contributed by atoms with Crippen molar-refractivity contribution in [1.29, 1.82) is 0 Å². The molecule has 0 radical (unpaired) electrons. The van der Waals surface area contributed by atoms with E-state index in [2.05, 4.69) is 5.32 Å². The van der Waals surface area contributed by atoms with Crippen LogP contribution in [0.25, 0.3) is 0 Å². The van der Waals surface area contributed by atoms with Crippen LogP contribution in [0.2, 0.25) is 0 Å². The molecule has 0 fully saturated rings. The van der Waals surface area contributed by atoms with Gasteiger partial charge < -0.3 is 15.3 Å². The summed E-state index contributed by atoms with van der Waals surface area (Å²) in [5, 5.41) is 13.2. The minimum Gasteiger partial charge on any atom is -0.389 e. The van der Waals surface area contributed by atoms with Gasteiger partial charge in [0.2, 0.25) is 0 Å². The van der Waals surface area contributed by atoms with Crippen molar-refractivity contribution in [3.63, 3.8) is 0 Å². The summed E-state index contributed by atoms with van der Waals surface area (Å²) in [6, 6.07) is 5.12. The van der Waals surface area contributed by atoms with Crippen LogP contribution in [0.5, 0.6) is 0 Å². The first-order valence-corrected chi connectivity index (χ1v) is 6.84. The summed E-state index contributed by atoms with van der Waals surface area (Å²) in [5.74, 6) is -0.235. The van der Waals surface area contributed by atoms with E-state index in [0.29, 0.717) is 25.3 Å². The highest BCUT2D eigenvalue weighted by Crippen LogP contribution is 2.26. The fraction of sp³-hybridized carbons (Fsp3) is 0.600. The van der Waals surface area contributed by atoms with Gasteiger partial charge in [-0.25, -0.2) is 4.39 Å². The summed E-state index contributed by atoms with van der Waals surface area (Å²) in [6.07, 6.45) is 0. The number of anilines is 1. The predicted molar refractivity (Wildman–Crippen MR) is 78.0 cm³/mol. The average Bonchev–Trinajstić information content (AvgIpc) is 2.32. The smallest absolute Gasteiger partial charge is 0.146 e. The zero-order chi connectivity index (χ0) is 14.5. The van der Waals surface area contributed by atoms with Crippen molar-refractivity contribution in [2.75, 3.05) is 24.5 Å². The zero-order valence-corrected chi connectivity index (χ0v) is 12.3. The van der Waals surface area contributed by atoms with Crippen LogP contribution in [0.4, 0.5) is 10.1 Å². The van der Waals surface area contributed by atoms with Crippen LogP contribution in [0.1, 0.15) is 33.3 Å². The van der Waals surface area contributed by atoms with Crippen molar-refractivity contribution in [3.05, 3.63) is 29.6 Å². The predicted octanol–water partition coefficient (Wildman–Crippen LogP) is 2.53. The summed E-state index contributed by atoms with van der Waals surface area (Å²) >= 11 is 0. The third-order valence-electron chi connectivity index (χ3n) is 2.91. The molecule has 19 heavy (non-hydrogen) atoms. The van der Waals surface area contributed by atoms with Crippen molar-refractivity contribution in [1.82, 2.24) is 5.32 Å².